The fourth-order valence-corrected chi connectivity index (χ4v) is 3.98. The fraction of sp³-hybridized carbons (Fsp3) is 0.562. The summed E-state index contributed by atoms with van der Waals surface area (Å²) in [7, 11) is 0.0455. The lowest BCUT2D eigenvalue weighted by Gasteiger charge is -2.33. The number of nitrogens with zero attached hydrogens (tertiary/aromatic N) is 2. The monoisotopic (exact) mass is 340 g/mol. The Labute approximate surface area is 138 Å². The van der Waals surface area contributed by atoms with Gasteiger partial charge in [0.2, 0.25) is 15.9 Å². The predicted molar refractivity (Wildman–Crippen MR) is 90.2 cm³/mol. The molecule has 0 spiro atoms. The zero-order valence-corrected chi connectivity index (χ0v) is 14.7. The molecule has 1 aliphatic heterocycles. The van der Waals surface area contributed by atoms with Crippen LogP contribution in [0.25, 0.3) is 0 Å². The van der Waals surface area contributed by atoms with E-state index in [4.69, 9.17) is 4.74 Å². The summed E-state index contributed by atoms with van der Waals surface area (Å²) in [4.78, 5) is 14.3. The number of hydrogen-bond donors (Lipinski definition) is 0. The van der Waals surface area contributed by atoms with Gasteiger partial charge in [-0.15, -0.1) is 0 Å². The summed E-state index contributed by atoms with van der Waals surface area (Å²) in [5.74, 6) is 0.385. The first-order chi connectivity index (χ1) is 10.9. The molecule has 0 saturated carbocycles. The van der Waals surface area contributed by atoms with Crippen molar-refractivity contribution in [3.05, 3.63) is 24.3 Å². The molecule has 0 aliphatic carbocycles. The Balaban J connectivity index is 2.12. The average Bonchev–Trinajstić information content (AvgIpc) is 2.60. The van der Waals surface area contributed by atoms with Gasteiger partial charge in [0, 0.05) is 31.9 Å². The second kappa shape index (κ2) is 7.31. The largest absolute Gasteiger partial charge is 0.497 e. The number of piperidine rings is 1. The average molecular weight is 340 g/mol. The normalized spacial score (nSPS) is 19.3. The Morgan fingerprint density at radius 1 is 1.43 bits per heavy atom. The number of hydrogen-bond acceptors (Lipinski definition) is 4. The summed E-state index contributed by atoms with van der Waals surface area (Å²) in [6.45, 7) is 2.40. The smallest absolute Gasteiger partial charge is 0.231 e. The molecule has 1 amide bonds. The van der Waals surface area contributed by atoms with Crippen LogP contribution in [0.5, 0.6) is 5.75 Å². The SMILES string of the molecule is CCS(=O)(=O)N1CCCC(C(=O)N(C)c2cccc(OC)c2)C1. The minimum atomic E-state index is -3.25. The fourth-order valence-electron chi connectivity index (χ4n) is 2.80. The lowest BCUT2D eigenvalue weighted by Crippen LogP contribution is -2.46. The van der Waals surface area contributed by atoms with E-state index in [1.54, 1.807) is 32.0 Å². The molecule has 23 heavy (non-hydrogen) atoms. The van der Waals surface area contributed by atoms with Gasteiger partial charge in [0.15, 0.2) is 0 Å². The molecule has 2 rings (SSSR count). The zero-order valence-electron chi connectivity index (χ0n) is 13.9. The van der Waals surface area contributed by atoms with E-state index in [9.17, 15) is 13.2 Å². The molecule has 1 heterocycles. The highest BCUT2D eigenvalue weighted by Gasteiger charge is 2.33. The highest BCUT2D eigenvalue weighted by molar-refractivity contribution is 7.89. The van der Waals surface area contributed by atoms with Crippen LogP contribution in [0.4, 0.5) is 5.69 Å². The van der Waals surface area contributed by atoms with E-state index in [0.29, 0.717) is 25.1 Å². The van der Waals surface area contributed by atoms with Gasteiger partial charge < -0.3 is 9.64 Å². The van der Waals surface area contributed by atoms with Crippen molar-refractivity contribution in [2.45, 2.75) is 19.8 Å². The maximum Gasteiger partial charge on any atom is 0.231 e. The third kappa shape index (κ3) is 4.03. The van der Waals surface area contributed by atoms with Crippen molar-refractivity contribution in [1.82, 2.24) is 4.31 Å². The quantitative estimate of drug-likeness (QED) is 0.818. The molecule has 1 fully saturated rings. The van der Waals surface area contributed by atoms with Crippen molar-refractivity contribution in [1.29, 1.82) is 0 Å². The highest BCUT2D eigenvalue weighted by atomic mass is 32.2. The maximum atomic E-state index is 12.7. The number of benzene rings is 1. The Bertz CT molecular complexity index is 660. The lowest BCUT2D eigenvalue weighted by atomic mass is 9.98. The van der Waals surface area contributed by atoms with Gasteiger partial charge in [0.25, 0.3) is 0 Å². The number of amides is 1. The highest BCUT2D eigenvalue weighted by Crippen LogP contribution is 2.25. The van der Waals surface area contributed by atoms with Crippen LogP contribution in [-0.4, -0.2) is 51.6 Å². The predicted octanol–water partition coefficient (Wildman–Crippen LogP) is 1.72. The van der Waals surface area contributed by atoms with Gasteiger partial charge in [0.1, 0.15) is 5.75 Å². The van der Waals surface area contributed by atoms with Crippen molar-refractivity contribution < 1.29 is 17.9 Å². The molecule has 1 aliphatic rings. The topological polar surface area (TPSA) is 66.9 Å². The Morgan fingerprint density at radius 2 is 2.17 bits per heavy atom. The molecule has 128 valence electrons. The summed E-state index contributed by atoms with van der Waals surface area (Å²) in [5.41, 5.74) is 0.741. The molecule has 0 radical (unpaired) electrons. The van der Waals surface area contributed by atoms with Crippen LogP contribution in [-0.2, 0) is 14.8 Å². The van der Waals surface area contributed by atoms with Crippen LogP contribution in [0.15, 0.2) is 24.3 Å². The van der Waals surface area contributed by atoms with Gasteiger partial charge in [-0.05, 0) is 31.9 Å². The summed E-state index contributed by atoms with van der Waals surface area (Å²) in [6, 6.07) is 7.27. The van der Waals surface area contributed by atoms with Crippen molar-refractivity contribution >= 4 is 21.6 Å². The number of ether oxygens (including phenoxy) is 1. The first-order valence-electron chi connectivity index (χ1n) is 7.78. The molecule has 1 aromatic carbocycles. The summed E-state index contributed by atoms with van der Waals surface area (Å²) < 4.78 is 30.7. The van der Waals surface area contributed by atoms with E-state index in [1.165, 1.54) is 4.31 Å². The zero-order chi connectivity index (χ0) is 17.0. The minimum Gasteiger partial charge on any atom is -0.497 e. The molecular weight excluding hydrogens is 316 g/mol. The van der Waals surface area contributed by atoms with Crippen molar-refractivity contribution in [2.24, 2.45) is 5.92 Å². The number of carbonyl (C=O) groups excluding carboxylic acids is 1. The number of rotatable bonds is 5. The summed E-state index contributed by atoms with van der Waals surface area (Å²) in [5, 5.41) is 0. The number of anilines is 1. The van der Waals surface area contributed by atoms with Crippen LogP contribution in [0, 0.1) is 5.92 Å². The molecule has 0 N–H and O–H groups in total. The van der Waals surface area contributed by atoms with Crippen LogP contribution in [0.3, 0.4) is 0 Å². The van der Waals surface area contributed by atoms with E-state index >= 15 is 0 Å². The van der Waals surface area contributed by atoms with Crippen LogP contribution < -0.4 is 9.64 Å². The van der Waals surface area contributed by atoms with Gasteiger partial charge in [0.05, 0.1) is 18.8 Å². The second-order valence-electron chi connectivity index (χ2n) is 5.70. The van der Waals surface area contributed by atoms with Crippen molar-refractivity contribution in [3.63, 3.8) is 0 Å². The van der Waals surface area contributed by atoms with E-state index in [2.05, 4.69) is 0 Å². The van der Waals surface area contributed by atoms with E-state index in [1.807, 2.05) is 18.2 Å². The molecule has 1 unspecified atom stereocenters. The molecule has 1 atom stereocenters. The number of methoxy groups -OCH3 is 1. The molecule has 0 bridgehead atoms. The molecular formula is C16H24N2O4S. The third-order valence-corrected chi connectivity index (χ3v) is 6.11. The lowest BCUT2D eigenvalue weighted by molar-refractivity contribution is -0.123. The molecule has 6 nitrogen and oxygen atoms in total. The first-order valence-corrected chi connectivity index (χ1v) is 9.39. The van der Waals surface area contributed by atoms with Crippen LogP contribution in [0.1, 0.15) is 19.8 Å². The second-order valence-corrected chi connectivity index (χ2v) is 7.95. The maximum absolute atomic E-state index is 12.7. The summed E-state index contributed by atoms with van der Waals surface area (Å²) in [6.07, 6.45) is 1.42. The molecule has 0 aromatic heterocycles. The van der Waals surface area contributed by atoms with Gasteiger partial charge in [-0.3, -0.25) is 4.79 Å². The van der Waals surface area contributed by atoms with Crippen LogP contribution in [0.2, 0.25) is 0 Å². The number of carbonyl (C=O) groups is 1. The Morgan fingerprint density at radius 3 is 2.83 bits per heavy atom. The van der Waals surface area contributed by atoms with Gasteiger partial charge >= 0.3 is 0 Å². The standard InChI is InChI=1S/C16H24N2O4S/c1-4-23(20,21)18-10-6-7-13(12-18)16(19)17(2)14-8-5-9-15(11-14)22-3/h5,8-9,11,13H,4,6-7,10,12H2,1-3H3. The van der Waals surface area contributed by atoms with Crippen LogP contribution >= 0.6 is 0 Å². The Kier molecular flexibility index (Phi) is 5.64. The van der Waals surface area contributed by atoms with Crippen molar-refractivity contribution in [3.8, 4) is 5.75 Å². The first kappa shape index (κ1) is 17.7. The molecule has 1 saturated heterocycles. The van der Waals surface area contributed by atoms with E-state index < -0.39 is 10.0 Å². The third-order valence-electron chi connectivity index (χ3n) is 4.26. The summed E-state index contributed by atoms with van der Waals surface area (Å²) >= 11 is 0. The van der Waals surface area contributed by atoms with Gasteiger partial charge in [-0.25, -0.2) is 12.7 Å². The van der Waals surface area contributed by atoms with Crippen molar-refractivity contribution in [2.75, 3.05) is 37.9 Å². The Hall–Kier alpha value is -1.60. The molecule has 7 heteroatoms. The van der Waals surface area contributed by atoms with Gasteiger partial charge in [-0.2, -0.15) is 0 Å². The minimum absolute atomic E-state index is 0.0609. The van der Waals surface area contributed by atoms with Gasteiger partial charge in [-0.1, -0.05) is 6.07 Å². The molecule has 1 aromatic rings. The van der Waals surface area contributed by atoms with E-state index in [-0.39, 0.29) is 24.1 Å². The van der Waals surface area contributed by atoms with E-state index in [0.717, 1.165) is 5.69 Å². The number of sulfonamides is 1.